The standard InChI is InChI=1S/C19H10BrClN2O2/c1-9-15(10-6-11(20)8-12(21)7-10)23-17-16(22-9)18(24)13-4-2-3-5-14(13)19(17)25/h2-8H,1H3. The lowest BCUT2D eigenvalue weighted by Crippen LogP contribution is -2.24. The lowest BCUT2D eigenvalue weighted by atomic mass is 9.89. The number of aromatic nitrogens is 2. The molecule has 4 nitrogen and oxygen atoms in total. The molecule has 4 rings (SSSR count). The highest BCUT2D eigenvalue weighted by Gasteiger charge is 2.33. The van der Waals surface area contributed by atoms with E-state index < -0.39 is 0 Å². The van der Waals surface area contributed by atoms with E-state index >= 15 is 0 Å². The molecule has 0 amide bonds. The van der Waals surface area contributed by atoms with Crippen molar-refractivity contribution in [2.45, 2.75) is 6.92 Å². The fourth-order valence-corrected chi connectivity index (χ4v) is 3.79. The summed E-state index contributed by atoms with van der Waals surface area (Å²) in [7, 11) is 0. The number of ketones is 2. The summed E-state index contributed by atoms with van der Waals surface area (Å²) in [5.41, 5.74) is 2.73. The predicted octanol–water partition coefficient (Wildman–Crippen LogP) is 4.64. The smallest absolute Gasteiger partial charge is 0.214 e. The van der Waals surface area contributed by atoms with E-state index in [1.54, 1.807) is 43.3 Å². The highest BCUT2D eigenvalue weighted by molar-refractivity contribution is 9.10. The summed E-state index contributed by atoms with van der Waals surface area (Å²) < 4.78 is 0.793. The third kappa shape index (κ3) is 2.60. The Labute approximate surface area is 157 Å². The normalized spacial score (nSPS) is 12.8. The predicted molar refractivity (Wildman–Crippen MR) is 98.2 cm³/mol. The van der Waals surface area contributed by atoms with Crippen LogP contribution in [0.4, 0.5) is 0 Å². The first-order valence-corrected chi connectivity index (χ1v) is 8.66. The number of nitrogens with zero attached hydrogens (tertiary/aromatic N) is 2. The molecule has 0 radical (unpaired) electrons. The van der Waals surface area contributed by atoms with Gasteiger partial charge in [-0.3, -0.25) is 9.59 Å². The molecule has 1 aromatic heterocycles. The molecule has 0 atom stereocenters. The molecule has 0 fully saturated rings. The average Bonchev–Trinajstić information content (AvgIpc) is 2.58. The van der Waals surface area contributed by atoms with Crippen LogP contribution in [-0.2, 0) is 0 Å². The molecule has 1 heterocycles. The summed E-state index contributed by atoms with van der Waals surface area (Å²) in [6, 6.07) is 12.1. The van der Waals surface area contributed by atoms with Gasteiger partial charge in [-0.05, 0) is 25.1 Å². The minimum atomic E-state index is -0.292. The number of hydrogen-bond acceptors (Lipinski definition) is 4. The van der Waals surface area contributed by atoms with Gasteiger partial charge in [0.15, 0.2) is 0 Å². The number of benzene rings is 2. The number of hydrogen-bond donors (Lipinski definition) is 0. The fourth-order valence-electron chi connectivity index (χ4n) is 2.93. The van der Waals surface area contributed by atoms with Crippen LogP contribution >= 0.6 is 27.5 Å². The number of aryl methyl sites for hydroxylation is 1. The van der Waals surface area contributed by atoms with Gasteiger partial charge in [0.1, 0.15) is 11.4 Å². The molecule has 1 aliphatic carbocycles. The molecule has 0 bridgehead atoms. The quantitative estimate of drug-likeness (QED) is 0.456. The number of fused-ring (bicyclic) bond motifs is 2. The summed E-state index contributed by atoms with van der Waals surface area (Å²) in [6.07, 6.45) is 0. The van der Waals surface area contributed by atoms with E-state index in [0.29, 0.717) is 27.5 Å². The Kier molecular flexibility index (Phi) is 3.78. The van der Waals surface area contributed by atoms with Gasteiger partial charge in [0.05, 0.1) is 11.4 Å². The van der Waals surface area contributed by atoms with Gasteiger partial charge in [-0.2, -0.15) is 0 Å². The molecule has 0 unspecified atom stereocenters. The van der Waals surface area contributed by atoms with E-state index in [1.165, 1.54) is 0 Å². The Morgan fingerprint density at radius 1 is 0.880 bits per heavy atom. The molecule has 0 spiro atoms. The van der Waals surface area contributed by atoms with Crippen LogP contribution in [0.1, 0.15) is 37.8 Å². The van der Waals surface area contributed by atoms with Crippen molar-refractivity contribution in [3.8, 4) is 11.3 Å². The Balaban J connectivity index is 1.95. The number of halogens is 2. The first-order chi connectivity index (χ1) is 12.0. The number of carbonyl (C=O) groups is 2. The van der Waals surface area contributed by atoms with Crippen LogP contribution in [0.2, 0.25) is 5.02 Å². The van der Waals surface area contributed by atoms with E-state index in [0.717, 1.165) is 10.0 Å². The molecule has 122 valence electrons. The highest BCUT2D eigenvalue weighted by Crippen LogP contribution is 2.31. The zero-order valence-corrected chi connectivity index (χ0v) is 15.4. The van der Waals surface area contributed by atoms with Crippen LogP contribution in [-0.4, -0.2) is 21.5 Å². The lowest BCUT2D eigenvalue weighted by Gasteiger charge is -2.17. The third-order valence-corrected chi connectivity index (χ3v) is 4.73. The molecule has 6 heteroatoms. The summed E-state index contributed by atoms with van der Waals surface area (Å²) in [4.78, 5) is 34.3. The van der Waals surface area contributed by atoms with Gasteiger partial charge in [0.2, 0.25) is 11.6 Å². The summed E-state index contributed by atoms with van der Waals surface area (Å²) in [6.45, 7) is 1.76. The lowest BCUT2D eigenvalue weighted by molar-refractivity contribution is 0.0971. The first-order valence-electron chi connectivity index (χ1n) is 7.49. The maximum atomic E-state index is 12.8. The van der Waals surface area contributed by atoms with Gasteiger partial charge in [-0.25, -0.2) is 9.97 Å². The van der Waals surface area contributed by atoms with Crippen molar-refractivity contribution in [2.75, 3.05) is 0 Å². The second-order valence-electron chi connectivity index (χ2n) is 5.72. The number of carbonyl (C=O) groups excluding carboxylic acids is 2. The zero-order valence-electron chi connectivity index (χ0n) is 13.0. The molecule has 25 heavy (non-hydrogen) atoms. The molecule has 0 saturated heterocycles. The minimum Gasteiger partial charge on any atom is -0.287 e. The molecule has 2 aromatic carbocycles. The van der Waals surface area contributed by atoms with Gasteiger partial charge in [-0.1, -0.05) is 51.8 Å². The second-order valence-corrected chi connectivity index (χ2v) is 7.07. The van der Waals surface area contributed by atoms with Crippen LogP contribution in [0.5, 0.6) is 0 Å². The Hall–Kier alpha value is -2.37. The first kappa shape index (κ1) is 16.1. The molecule has 0 N–H and O–H groups in total. The molecule has 0 aliphatic heterocycles. The van der Waals surface area contributed by atoms with E-state index in [2.05, 4.69) is 25.9 Å². The van der Waals surface area contributed by atoms with Crippen LogP contribution < -0.4 is 0 Å². The van der Waals surface area contributed by atoms with Crippen molar-refractivity contribution < 1.29 is 9.59 Å². The van der Waals surface area contributed by atoms with Crippen molar-refractivity contribution in [2.24, 2.45) is 0 Å². The summed E-state index contributed by atoms with van der Waals surface area (Å²) >= 11 is 9.51. The van der Waals surface area contributed by atoms with Crippen LogP contribution in [0.3, 0.4) is 0 Å². The van der Waals surface area contributed by atoms with Crippen LogP contribution in [0, 0.1) is 6.92 Å². The van der Waals surface area contributed by atoms with Crippen molar-refractivity contribution >= 4 is 39.1 Å². The topological polar surface area (TPSA) is 59.9 Å². The summed E-state index contributed by atoms with van der Waals surface area (Å²) in [5.74, 6) is -0.570. The molecular formula is C19H10BrClN2O2. The maximum Gasteiger partial charge on any atom is 0.214 e. The van der Waals surface area contributed by atoms with Crippen molar-refractivity contribution in [3.63, 3.8) is 0 Å². The molecule has 3 aromatic rings. The van der Waals surface area contributed by atoms with E-state index in [1.807, 2.05) is 6.07 Å². The van der Waals surface area contributed by atoms with Crippen LogP contribution in [0.25, 0.3) is 11.3 Å². The van der Waals surface area contributed by atoms with Gasteiger partial charge >= 0.3 is 0 Å². The van der Waals surface area contributed by atoms with E-state index in [-0.39, 0.29) is 23.0 Å². The highest BCUT2D eigenvalue weighted by atomic mass is 79.9. The molecule has 0 saturated carbocycles. The molecule has 1 aliphatic rings. The Bertz CT molecular complexity index is 1060. The van der Waals surface area contributed by atoms with Crippen molar-refractivity contribution in [1.82, 2.24) is 9.97 Å². The largest absolute Gasteiger partial charge is 0.287 e. The van der Waals surface area contributed by atoms with Crippen molar-refractivity contribution in [3.05, 3.63) is 80.2 Å². The molecular weight excluding hydrogens is 404 g/mol. The minimum absolute atomic E-state index is 0.0837. The van der Waals surface area contributed by atoms with E-state index in [9.17, 15) is 9.59 Å². The number of rotatable bonds is 1. The van der Waals surface area contributed by atoms with E-state index in [4.69, 9.17) is 11.6 Å². The second kappa shape index (κ2) is 5.86. The SMILES string of the molecule is Cc1nc2c(nc1-c1cc(Cl)cc(Br)c1)C(=O)c1ccccc1C2=O. The van der Waals surface area contributed by atoms with Crippen LogP contribution in [0.15, 0.2) is 46.9 Å². The zero-order chi connectivity index (χ0) is 17.7. The Morgan fingerprint density at radius 3 is 2.08 bits per heavy atom. The van der Waals surface area contributed by atoms with Gasteiger partial charge in [-0.15, -0.1) is 0 Å². The maximum absolute atomic E-state index is 12.8. The third-order valence-electron chi connectivity index (χ3n) is 4.05. The van der Waals surface area contributed by atoms with Gasteiger partial charge < -0.3 is 0 Å². The average molecular weight is 414 g/mol. The van der Waals surface area contributed by atoms with Gasteiger partial charge in [0.25, 0.3) is 0 Å². The summed E-state index contributed by atoms with van der Waals surface area (Å²) in [5, 5.41) is 0.538. The van der Waals surface area contributed by atoms with Gasteiger partial charge in [0, 0.05) is 26.2 Å². The monoisotopic (exact) mass is 412 g/mol. The fraction of sp³-hybridized carbons (Fsp3) is 0.0526. The van der Waals surface area contributed by atoms with Crippen molar-refractivity contribution in [1.29, 1.82) is 0 Å². The Morgan fingerprint density at radius 2 is 1.48 bits per heavy atom.